The van der Waals surface area contributed by atoms with Crippen molar-refractivity contribution in [2.75, 3.05) is 13.1 Å². The molecule has 0 bridgehead atoms. The van der Waals surface area contributed by atoms with E-state index in [0.29, 0.717) is 24.5 Å². The van der Waals surface area contributed by atoms with Gasteiger partial charge < -0.3 is 14.2 Å². The van der Waals surface area contributed by atoms with Gasteiger partial charge in [-0.05, 0) is 25.1 Å². The Morgan fingerprint density at radius 3 is 2.79 bits per heavy atom. The predicted molar refractivity (Wildman–Crippen MR) is 104 cm³/mol. The number of thiazole rings is 1. The first-order chi connectivity index (χ1) is 13.5. The molecule has 1 fully saturated rings. The Morgan fingerprint density at radius 1 is 1.32 bits per heavy atom. The fourth-order valence-corrected chi connectivity index (χ4v) is 4.17. The normalized spacial score (nSPS) is 15.5. The number of aryl methyl sites for hydroxylation is 1. The molecule has 0 atom stereocenters. The van der Waals surface area contributed by atoms with Crippen LogP contribution in [0, 0.1) is 6.92 Å². The minimum Gasteiger partial charge on any atom is -0.490 e. The van der Waals surface area contributed by atoms with Crippen LogP contribution in [0.3, 0.4) is 0 Å². The number of carbonyl (C=O) groups is 1. The van der Waals surface area contributed by atoms with Crippen molar-refractivity contribution in [3.8, 4) is 5.75 Å². The Kier molecular flexibility index (Phi) is 5.30. The van der Waals surface area contributed by atoms with Gasteiger partial charge in [0.15, 0.2) is 0 Å². The number of fused-ring (bicyclic) bond motifs is 1. The first-order valence-corrected chi connectivity index (χ1v) is 10.1. The molecule has 1 aliphatic heterocycles. The molecule has 0 saturated carbocycles. The summed E-state index contributed by atoms with van der Waals surface area (Å²) >= 11 is 1.47. The lowest BCUT2D eigenvalue weighted by molar-refractivity contribution is 0.0593. The number of piperidine rings is 1. The molecule has 0 spiro atoms. The molecule has 3 aromatic rings. The lowest BCUT2D eigenvalue weighted by atomic mass is 10.1. The fourth-order valence-electron chi connectivity index (χ4n) is 3.59. The molecule has 8 heteroatoms. The van der Waals surface area contributed by atoms with E-state index < -0.39 is 6.43 Å². The van der Waals surface area contributed by atoms with Crippen molar-refractivity contribution in [1.29, 1.82) is 0 Å². The summed E-state index contributed by atoms with van der Waals surface area (Å²) in [6.07, 6.45) is 0.709. The summed E-state index contributed by atoms with van der Waals surface area (Å²) in [5.41, 5.74) is 1.25. The van der Waals surface area contributed by atoms with E-state index in [1.807, 2.05) is 36.1 Å². The third kappa shape index (κ3) is 3.87. The highest BCUT2D eigenvalue weighted by atomic mass is 32.1. The predicted octanol–water partition coefficient (Wildman–Crippen LogP) is 4.35. The van der Waals surface area contributed by atoms with E-state index in [-0.39, 0.29) is 18.6 Å². The van der Waals surface area contributed by atoms with E-state index in [1.165, 1.54) is 11.3 Å². The average Bonchev–Trinajstić information content (AvgIpc) is 3.29. The molecule has 3 heterocycles. The zero-order chi connectivity index (χ0) is 19.7. The number of halogens is 2. The number of alkyl halides is 2. The second-order valence-electron chi connectivity index (χ2n) is 6.91. The molecule has 1 amide bonds. The number of likely N-dealkylation sites (tertiary alicyclic amines) is 1. The van der Waals surface area contributed by atoms with Crippen molar-refractivity contribution in [3.05, 3.63) is 46.5 Å². The number of rotatable bonds is 5. The van der Waals surface area contributed by atoms with Crippen LogP contribution >= 0.6 is 11.3 Å². The van der Waals surface area contributed by atoms with Gasteiger partial charge in [0.05, 0.1) is 17.1 Å². The monoisotopic (exact) mass is 405 g/mol. The van der Waals surface area contributed by atoms with E-state index in [9.17, 15) is 13.6 Å². The topological polar surface area (TPSA) is 47.4 Å². The molecule has 1 aromatic carbocycles. The maximum Gasteiger partial charge on any atom is 0.273 e. The van der Waals surface area contributed by atoms with Crippen LogP contribution in [-0.4, -0.2) is 46.0 Å². The van der Waals surface area contributed by atoms with Crippen LogP contribution in [0.5, 0.6) is 5.75 Å². The van der Waals surface area contributed by atoms with E-state index in [0.717, 1.165) is 28.8 Å². The molecule has 4 rings (SSSR count). The van der Waals surface area contributed by atoms with Gasteiger partial charge in [-0.3, -0.25) is 4.79 Å². The van der Waals surface area contributed by atoms with Gasteiger partial charge in [-0.15, -0.1) is 11.3 Å². The molecule has 0 radical (unpaired) electrons. The van der Waals surface area contributed by atoms with Crippen LogP contribution in [0.25, 0.3) is 10.9 Å². The van der Waals surface area contributed by atoms with Crippen LogP contribution in [0.2, 0.25) is 0 Å². The Hall–Kier alpha value is -2.48. The Balaban J connectivity index is 1.41. The standard InChI is InChI=1S/C20H21F2N3O2S/c1-13-23-16(12-28-13)20(26)24-8-5-14(6-9-24)27-18-4-2-3-17-15(18)7-10-25(17)11-19(21)22/h2-4,7,10,12,14,19H,5-6,8-9,11H2,1H3. The summed E-state index contributed by atoms with van der Waals surface area (Å²) in [5, 5.41) is 3.51. The highest BCUT2D eigenvalue weighted by Gasteiger charge is 2.26. The zero-order valence-electron chi connectivity index (χ0n) is 15.5. The smallest absolute Gasteiger partial charge is 0.273 e. The number of hydrogen-bond acceptors (Lipinski definition) is 4. The van der Waals surface area contributed by atoms with Gasteiger partial charge in [-0.2, -0.15) is 0 Å². The largest absolute Gasteiger partial charge is 0.490 e. The van der Waals surface area contributed by atoms with E-state index >= 15 is 0 Å². The first kappa shape index (κ1) is 18.9. The van der Waals surface area contributed by atoms with Crippen LogP contribution in [0.15, 0.2) is 35.8 Å². The number of benzene rings is 1. The second kappa shape index (κ2) is 7.87. The summed E-state index contributed by atoms with van der Waals surface area (Å²) < 4.78 is 33.2. The molecule has 0 aliphatic carbocycles. The molecule has 1 saturated heterocycles. The number of aromatic nitrogens is 2. The fraction of sp³-hybridized carbons (Fsp3) is 0.400. The zero-order valence-corrected chi connectivity index (χ0v) is 16.3. The van der Waals surface area contributed by atoms with E-state index in [1.54, 1.807) is 16.1 Å². The van der Waals surface area contributed by atoms with Crippen LogP contribution in [0.4, 0.5) is 8.78 Å². The number of carbonyl (C=O) groups excluding carboxylic acids is 1. The highest BCUT2D eigenvalue weighted by Crippen LogP contribution is 2.29. The summed E-state index contributed by atoms with van der Waals surface area (Å²) in [6, 6.07) is 7.32. The summed E-state index contributed by atoms with van der Waals surface area (Å²) in [4.78, 5) is 18.6. The minimum atomic E-state index is -2.40. The number of nitrogens with zero attached hydrogens (tertiary/aromatic N) is 3. The molecular formula is C20H21F2N3O2S. The number of hydrogen-bond donors (Lipinski definition) is 0. The Labute approximate surface area is 165 Å². The van der Waals surface area contributed by atoms with Crippen LogP contribution in [-0.2, 0) is 6.54 Å². The minimum absolute atomic E-state index is 0.00901. The molecule has 1 aliphatic rings. The van der Waals surface area contributed by atoms with Crippen molar-refractivity contribution in [1.82, 2.24) is 14.5 Å². The molecular weight excluding hydrogens is 384 g/mol. The van der Waals surface area contributed by atoms with Gasteiger partial charge in [0.25, 0.3) is 12.3 Å². The summed E-state index contributed by atoms with van der Waals surface area (Å²) in [7, 11) is 0. The van der Waals surface area contributed by atoms with Crippen molar-refractivity contribution >= 4 is 28.1 Å². The Morgan fingerprint density at radius 2 is 2.11 bits per heavy atom. The van der Waals surface area contributed by atoms with Gasteiger partial charge in [-0.25, -0.2) is 13.8 Å². The molecule has 28 heavy (non-hydrogen) atoms. The van der Waals surface area contributed by atoms with E-state index in [4.69, 9.17) is 4.74 Å². The maximum absolute atomic E-state index is 12.7. The maximum atomic E-state index is 12.7. The van der Waals surface area contributed by atoms with Gasteiger partial charge in [0.2, 0.25) is 0 Å². The first-order valence-electron chi connectivity index (χ1n) is 9.25. The quantitative estimate of drug-likeness (QED) is 0.634. The van der Waals surface area contributed by atoms with Gasteiger partial charge in [-0.1, -0.05) is 6.07 Å². The average molecular weight is 405 g/mol. The van der Waals surface area contributed by atoms with Crippen molar-refractivity contribution in [2.24, 2.45) is 0 Å². The highest BCUT2D eigenvalue weighted by molar-refractivity contribution is 7.09. The SMILES string of the molecule is Cc1nc(C(=O)N2CCC(Oc3cccc4c3ccn4CC(F)F)CC2)cs1. The lowest BCUT2D eigenvalue weighted by Crippen LogP contribution is -2.41. The molecule has 5 nitrogen and oxygen atoms in total. The Bertz CT molecular complexity index is 977. The van der Waals surface area contributed by atoms with Crippen molar-refractivity contribution in [2.45, 2.75) is 38.8 Å². The van der Waals surface area contributed by atoms with Crippen molar-refractivity contribution < 1.29 is 18.3 Å². The molecule has 2 aromatic heterocycles. The summed E-state index contributed by atoms with van der Waals surface area (Å²) in [6.45, 7) is 2.78. The van der Waals surface area contributed by atoms with Crippen LogP contribution in [0.1, 0.15) is 28.3 Å². The van der Waals surface area contributed by atoms with Crippen LogP contribution < -0.4 is 4.74 Å². The van der Waals surface area contributed by atoms with E-state index in [2.05, 4.69) is 4.98 Å². The third-order valence-corrected chi connectivity index (χ3v) is 5.74. The van der Waals surface area contributed by atoms with Gasteiger partial charge in [0.1, 0.15) is 17.5 Å². The van der Waals surface area contributed by atoms with Gasteiger partial charge >= 0.3 is 0 Å². The lowest BCUT2D eigenvalue weighted by Gasteiger charge is -2.32. The molecule has 0 N–H and O–H groups in total. The second-order valence-corrected chi connectivity index (χ2v) is 7.97. The molecule has 148 valence electrons. The third-order valence-electron chi connectivity index (χ3n) is 4.97. The summed E-state index contributed by atoms with van der Waals surface area (Å²) in [5.74, 6) is 0.666. The molecule has 0 unspecified atom stereocenters. The van der Waals surface area contributed by atoms with Crippen molar-refractivity contribution in [3.63, 3.8) is 0 Å². The number of amides is 1. The number of ether oxygens (including phenoxy) is 1. The van der Waals surface area contributed by atoms with Gasteiger partial charge in [0, 0.05) is 42.9 Å².